The topological polar surface area (TPSA) is 78.5 Å². The van der Waals surface area contributed by atoms with E-state index in [0.717, 1.165) is 57.5 Å². The Kier molecular flexibility index (Phi) is 6.49. The van der Waals surface area contributed by atoms with Crippen LogP contribution in [0, 0.1) is 11.8 Å². The number of sulfonamides is 1. The molecule has 3 rings (SSSR count). The van der Waals surface area contributed by atoms with Crippen molar-refractivity contribution in [2.75, 3.05) is 25.9 Å². The van der Waals surface area contributed by atoms with Crippen LogP contribution in [0.2, 0.25) is 0 Å². The first-order chi connectivity index (χ1) is 12.4. The van der Waals surface area contributed by atoms with Crippen LogP contribution in [0.3, 0.4) is 0 Å². The molecule has 3 fully saturated rings. The van der Waals surface area contributed by atoms with Gasteiger partial charge in [-0.05, 0) is 31.1 Å². The van der Waals surface area contributed by atoms with Crippen LogP contribution in [0.5, 0.6) is 0 Å². The van der Waals surface area contributed by atoms with E-state index < -0.39 is 15.6 Å². The fourth-order valence-electron chi connectivity index (χ4n) is 5.26. The summed E-state index contributed by atoms with van der Waals surface area (Å²) in [6.07, 6.45) is 13.8. The van der Waals surface area contributed by atoms with E-state index in [1.54, 1.807) is 0 Å². The lowest BCUT2D eigenvalue weighted by Gasteiger charge is -2.38. The summed E-state index contributed by atoms with van der Waals surface area (Å²) in [4.78, 5) is 14.6. The van der Waals surface area contributed by atoms with Gasteiger partial charge in [0.1, 0.15) is 0 Å². The fourth-order valence-corrected chi connectivity index (χ4v) is 6.32. The van der Waals surface area contributed by atoms with Crippen molar-refractivity contribution >= 4 is 16.1 Å². The molecular weight excluding hydrogens is 350 g/mol. The standard InChI is InChI=1S/C19H35N3O3S/c1-26(24,25)21-19(11-6-3-7-12-19)15-20-18(23)22-13-10-17(14-22)16-8-4-2-5-9-16/h16-17,21H,2-15H2,1H3,(H,20,23). The summed E-state index contributed by atoms with van der Waals surface area (Å²) in [5, 5.41) is 3.04. The molecule has 2 saturated carbocycles. The van der Waals surface area contributed by atoms with Crippen molar-refractivity contribution < 1.29 is 13.2 Å². The third-order valence-electron chi connectivity index (χ3n) is 6.62. The van der Waals surface area contributed by atoms with Crippen molar-refractivity contribution in [3.05, 3.63) is 0 Å². The number of carbonyl (C=O) groups excluding carboxylic acids is 1. The molecule has 0 spiro atoms. The van der Waals surface area contributed by atoms with Crippen LogP contribution in [0.4, 0.5) is 4.79 Å². The average molecular weight is 386 g/mol. The van der Waals surface area contributed by atoms with Gasteiger partial charge in [0.25, 0.3) is 0 Å². The number of urea groups is 1. The summed E-state index contributed by atoms with van der Waals surface area (Å²) in [5.74, 6) is 1.44. The zero-order valence-electron chi connectivity index (χ0n) is 16.1. The minimum atomic E-state index is -3.29. The highest BCUT2D eigenvalue weighted by atomic mass is 32.2. The molecule has 150 valence electrons. The van der Waals surface area contributed by atoms with E-state index in [2.05, 4.69) is 10.0 Å². The quantitative estimate of drug-likeness (QED) is 0.764. The Morgan fingerprint density at radius 2 is 1.65 bits per heavy atom. The molecule has 0 aromatic rings. The highest BCUT2D eigenvalue weighted by Gasteiger charge is 2.37. The van der Waals surface area contributed by atoms with Crippen LogP contribution in [0.1, 0.15) is 70.6 Å². The van der Waals surface area contributed by atoms with E-state index in [9.17, 15) is 13.2 Å². The van der Waals surface area contributed by atoms with Crippen molar-refractivity contribution in [1.82, 2.24) is 14.9 Å². The van der Waals surface area contributed by atoms with E-state index in [0.29, 0.717) is 12.5 Å². The van der Waals surface area contributed by atoms with E-state index >= 15 is 0 Å². The average Bonchev–Trinajstić information content (AvgIpc) is 3.10. The van der Waals surface area contributed by atoms with Crippen LogP contribution in [0.15, 0.2) is 0 Å². The fraction of sp³-hybridized carbons (Fsp3) is 0.947. The molecule has 2 N–H and O–H groups in total. The molecule has 6 nitrogen and oxygen atoms in total. The first kappa shape index (κ1) is 19.9. The van der Waals surface area contributed by atoms with Crippen molar-refractivity contribution in [2.45, 2.75) is 76.2 Å². The maximum Gasteiger partial charge on any atom is 0.317 e. The normalized spacial score (nSPS) is 27.4. The Labute approximate surface area is 158 Å². The third-order valence-corrected chi connectivity index (χ3v) is 7.42. The second-order valence-electron chi connectivity index (χ2n) is 8.77. The Morgan fingerprint density at radius 3 is 2.31 bits per heavy atom. The second kappa shape index (κ2) is 8.46. The lowest BCUT2D eigenvalue weighted by molar-refractivity contribution is 0.190. The molecule has 2 amide bonds. The number of hydrogen-bond donors (Lipinski definition) is 2. The molecule has 3 aliphatic rings. The third kappa shape index (κ3) is 5.35. The highest BCUT2D eigenvalue weighted by molar-refractivity contribution is 7.88. The van der Waals surface area contributed by atoms with Crippen LogP contribution < -0.4 is 10.0 Å². The van der Waals surface area contributed by atoms with Crippen LogP contribution in [-0.4, -0.2) is 50.8 Å². The van der Waals surface area contributed by atoms with Gasteiger partial charge in [-0.2, -0.15) is 0 Å². The molecule has 0 aromatic heterocycles. The molecule has 1 heterocycles. The van der Waals surface area contributed by atoms with Gasteiger partial charge >= 0.3 is 6.03 Å². The van der Waals surface area contributed by atoms with Gasteiger partial charge < -0.3 is 10.2 Å². The predicted molar refractivity (Wildman–Crippen MR) is 103 cm³/mol. The maximum atomic E-state index is 12.7. The highest BCUT2D eigenvalue weighted by Crippen LogP contribution is 2.35. The van der Waals surface area contributed by atoms with Crippen molar-refractivity contribution in [3.8, 4) is 0 Å². The van der Waals surface area contributed by atoms with Crippen LogP contribution >= 0.6 is 0 Å². The molecule has 0 bridgehead atoms. The van der Waals surface area contributed by atoms with Gasteiger partial charge in [0.15, 0.2) is 0 Å². The summed E-state index contributed by atoms with van der Waals surface area (Å²) in [5.41, 5.74) is -0.510. The molecule has 2 aliphatic carbocycles. The van der Waals surface area contributed by atoms with Crippen molar-refractivity contribution in [2.24, 2.45) is 11.8 Å². The van der Waals surface area contributed by atoms with E-state index in [4.69, 9.17) is 0 Å². The lowest BCUT2D eigenvalue weighted by Crippen LogP contribution is -2.57. The second-order valence-corrected chi connectivity index (χ2v) is 10.5. The molecule has 0 radical (unpaired) electrons. The molecule has 1 saturated heterocycles. The van der Waals surface area contributed by atoms with Crippen molar-refractivity contribution in [1.29, 1.82) is 0 Å². The Morgan fingerprint density at radius 1 is 1.00 bits per heavy atom. The Balaban J connectivity index is 1.52. The maximum absolute atomic E-state index is 12.7. The monoisotopic (exact) mass is 385 g/mol. The predicted octanol–water partition coefficient (Wildman–Crippen LogP) is 2.85. The van der Waals surface area contributed by atoms with E-state index in [1.807, 2.05) is 4.90 Å². The number of amides is 2. The summed E-state index contributed by atoms with van der Waals surface area (Å²) in [6, 6.07) is -0.0245. The molecule has 26 heavy (non-hydrogen) atoms. The minimum Gasteiger partial charge on any atom is -0.336 e. The molecule has 7 heteroatoms. The van der Waals surface area contributed by atoms with Gasteiger partial charge in [-0.25, -0.2) is 17.9 Å². The first-order valence-corrected chi connectivity index (χ1v) is 12.3. The van der Waals surface area contributed by atoms with Gasteiger partial charge in [-0.3, -0.25) is 0 Å². The van der Waals surface area contributed by atoms with Gasteiger partial charge in [0, 0.05) is 19.6 Å². The van der Waals surface area contributed by atoms with Crippen LogP contribution in [0.25, 0.3) is 0 Å². The smallest absolute Gasteiger partial charge is 0.317 e. The largest absolute Gasteiger partial charge is 0.336 e. The zero-order chi connectivity index (χ0) is 18.6. The Hall–Kier alpha value is -0.820. The SMILES string of the molecule is CS(=O)(=O)NC1(CNC(=O)N2CCC(C3CCCCC3)C2)CCCCC1. The number of carbonyl (C=O) groups is 1. The summed E-state index contributed by atoms with van der Waals surface area (Å²) in [7, 11) is -3.29. The molecular formula is C19H35N3O3S. The number of rotatable bonds is 5. The van der Waals surface area contributed by atoms with Gasteiger partial charge in [-0.1, -0.05) is 51.4 Å². The van der Waals surface area contributed by atoms with Gasteiger partial charge in [0.2, 0.25) is 10.0 Å². The molecule has 1 unspecified atom stereocenters. The minimum absolute atomic E-state index is 0.0245. The van der Waals surface area contributed by atoms with Crippen LogP contribution in [-0.2, 0) is 10.0 Å². The zero-order valence-corrected chi connectivity index (χ0v) is 17.0. The summed E-state index contributed by atoms with van der Waals surface area (Å²) >= 11 is 0. The summed E-state index contributed by atoms with van der Waals surface area (Å²) < 4.78 is 26.4. The van der Waals surface area contributed by atoms with Gasteiger partial charge in [-0.15, -0.1) is 0 Å². The molecule has 1 aliphatic heterocycles. The number of hydrogen-bond acceptors (Lipinski definition) is 3. The number of nitrogens with zero attached hydrogens (tertiary/aromatic N) is 1. The molecule has 0 aromatic carbocycles. The lowest BCUT2D eigenvalue weighted by atomic mass is 9.80. The number of nitrogens with one attached hydrogen (secondary N) is 2. The van der Waals surface area contributed by atoms with Crippen molar-refractivity contribution in [3.63, 3.8) is 0 Å². The van der Waals surface area contributed by atoms with E-state index in [1.165, 1.54) is 38.4 Å². The summed E-state index contributed by atoms with van der Waals surface area (Å²) in [6.45, 7) is 2.09. The first-order valence-electron chi connectivity index (χ1n) is 10.4. The number of likely N-dealkylation sites (tertiary alicyclic amines) is 1. The Bertz CT molecular complexity index is 581. The van der Waals surface area contributed by atoms with Gasteiger partial charge in [0.05, 0.1) is 11.8 Å². The molecule has 1 atom stereocenters. The van der Waals surface area contributed by atoms with E-state index in [-0.39, 0.29) is 6.03 Å².